The molecule has 0 spiro atoms. The summed E-state index contributed by atoms with van der Waals surface area (Å²) in [6.07, 6.45) is 4.83. The third-order valence-electron chi connectivity index (χ3n) is 4.76. The highest BCUT2D eigenvalue weighted by atomic mass is 16.5. The Morgan fingerprint density at radius 2 is 2.33 bits per heavy atom. The summed E-state index contributed by atoms with van der Waals surface area (Å²) in [6.45, 7) is 1.11. The van der Waals surface area contributed by atoms with Gasteiger partial charge in [-0.15, -0.1) is 0 Å². The fourth-order valence-corrected chi connectivity index (χ4v) is 3.26. The number of rotatable bonds is 5. The molecule has 2 aliphatic rings. The summed E-state index contributed by atoms with van der Waals surface area (Å²) < 4.78 is 12.5. The first-order chi connectivity index (χ1) is 11.6. The SMILES string of the molecule is CO[C@H]1C[C@@H](Cn2ccc(N)n2)N(C(=O)c2cc(C3CC3)no2)C1. The largest absolute Gasteiger partial charge is 0.382 e. The topological polar surface area (TPSA) is 99.4 Å². The number of nitrogen functional groups attached to an aromatic ring is 1. The lowest BCUT2D eigenvalue weighted by atomic mass is 10.2. The Morgan fingerprint density at radius 1 is 1.50 bits per heavy atom. The first-order valence-electron chi connectivity index (χ1n) is 8.23. The van der Waals surface area contributed by atoms with Crippen molar-refractivity contribution >= 4 is 11.7 Å². The molecule has 0 radical (unpaired) electrons. The molecule has 2 aromatic rings. The molecule has 128 valence electrons. The van der Waals surface area contributed by atoms with Gasteiger partial charge in [-0.3, -0.25) is 9.48 Å². The molecule has 1 aliphatic heterocycles. The Bertz CT molecular complexity index is 736. The van der Waals surface area contributed by atoms with Gasteiger partial charge in [0.25, 0.3) is 5.91 Å². The van der Waals surface area contributed by atoms with Crippen LogP contribution in [-0.4, -0.2) is 51.5 Å². The molecule has 8 nitrogen and oxygen atoms in total. The van der Waals surface area contributed by atoms with Crippen LogP contribution in [0.15, 0.2) is 22.9 Å². The number of aromatic nitrogens is 3. The van der Waals surface area contributed by atoms with Crippen molar-refractivity contribution in [3.05, 3.63) is 29.8 Å². The fraction of sp³-hybridized carbons (Fsp3) is 0.562. The van der Waals surface area contributed by atoms with Gasteiger partial charge < -0.3 is 19.9 Å². The van der Waals surface area contributed by atoms with Crippen molar-refractivity contribution in [1.29, 1.82) is 0 Å². The summed E-state index contributed by atoms with van der Waals surface area (Å²) in [4.78, 5) is 14.6. The Hall–Kier alpha value is -2.35. The van der Waals surface area contributed by atoms with Crippen LogP contribution in [0, 0.1) is 0 Å². The number of methoxy groups -OCH3 is 1. The maximum Gasteiger partial charge on any atom is 0.292 e. The van der Waals surface area contributed by atoms with Gasteiger partial charge in [0.05, 0.1) is 24.4 Å². The van der Waals surface area contributed by atoms with E-state index in [4.69, 9.17) is 15.0 Å². The molecule has 2 atom stereocenters. The van der Waals surface area contributed by atoms with E-state index < -0.39 is 0 Å². The van der Waals surface area contributed by atoms with Crippen LogP contribution in [0.5, 0.6) is 0 Å². The van der Waals surface area contributed by atoms with E-state index in [1.165, 1.54) is 0 Å². The summed E-state index contributed by atoms with van der Waals surface area (Å²) in [5.74, 6) is 1.10. The molecule has 0 bridgehead atoms. The number of ether oxygens (including phenoxy) is 1. The van der Waals surface area contributed by atoms with Crippen LogP contribution in [0.1, 0.15) is 41.4 Å². The second-order valence-electron chi connectivity index (χ2n) is 6.56. The smallest absolute Gasteiger partial charge is 0.292 e. The summed E-state index contributed by atoms with van der Waals surface area (Å²) in [5, 5.41) is 8.24. The van der Waals surface area contributed by atoms with Gasteiger partial charge in [-0.25, -0.2) is 0 Å². The summed E-state index contributed by atoms with van der Waals surface area (Å²) in [7, 11) is 1.67. The predicted octanol–water partition coefficient (Wildman–Crippen LogP) is 1.26. The van der Waals surface area contributed by atoms with Gasteiger partial charge in [-0.1, -0.05) is 5.16 Å². The van der Waals surface area contributed by atoms with Crippen molar-refractivity contribution in [3.8, 4) is 0 Å². The highest BCUT2D eigenvalue weighted by molar-refractivity contribution is 5.92. The number of likely N-dealkylation sites (tertiary alicyclic amines) is 1. The minimum Gasteiger partial charge on any atom is -0.382 e. The van der Waals surface area contributed by atoms with Crippen molar-refractivity contribution in [1.82, 2.24) is 19.8 Å². The van der Waals surface area contributed by atoms with Crippen molar-refractivity contribution in [2.24, 2.45) is 0 Å². The van der Waals surface area contributed by atoms with E-state index >= 15 is 0 Å². The Balaban J connectivity index is 1.51. The van der Waals surface area contributed by atoms with Gasteiger partial charge in [0.15, 0.2) is 0 Å². The van der Waals surface area contributed by atoms with Crippen LogP contribution >= 0.6 is 0 Å². The van der Waals surface area contributed by atoms with E-state index in [2.05, 4.69) is 10.3 Å². The van der Waals surface area contributed by atoms with Crippen molar-refractivity contribution in [3.63, 3.8) is 0 Å². The molecule has 2 N–H and O–H groups in total. The Labute approximate surface area is 139 Å². The first-order valence-corrected chi connectivity index (χ1v) is 8.23. The Morgan fingerprint density at radius 3 is 3.00 bits per heavy atom. The minimum atomic E-state index is -0.140. The van der Waals surface area contributed by atoms with E-state index in [1.807, 2.05) is 6.20 Å². The Kier molecular flexibility index (Phi) is 3.76. The van der Waals surface area contributed by atoms with Gasteiger partial charge in [0, 0.05) is 31.8 Å². The van der Waals surface area contributed by atoms with E-state index in [9.17, 15) is 4.79 Å². The van der Waals surface area contributed by atoms with Gasteiger partial charge >= 0.3 is 0 Å². The number of carbonyl (C=O) groups excluding carboxylic acids is 1. The van der Waals surface area contributed by atoms with Crippen molar-refractivity contribution < 1.29 is 14.1 Å². The maximum atomic E-state index is 12.9. The second-order valence-corrected chi connectivity index (χ2v) is 6.56. The number of carbonyl (C=O) groups is 1. The second kappa shape index (κ2) is 5.94. The third kappa shape index (κ3) is 2.89. The van der Waals surface area contributed by atoms with Gasteiger partial charge in [-0.05, 0) is 25.3 Å². The van der Waals surface area contributed by atoms with E-state index in [0.29, 0.717) is 30.6 Å². The van der Waals surface area contributed by atoms with E-state index in [1.54, 1.807) is 28.8 Å². The molecule has 2 aromatic heterocycles. The van der Waals surface area contributed by atoms with Crippen molar-refractivity contribution in [2.75, 3.05) is 19.4 Å². The predicted molar refractivity (Wildman–Crippen MR) is 85.4 cm³/mol. The highest BCUT2D eigenvalue weighted by Crippen LogP contribution is 2.39. The monoisotopic (exact) mass is 331 g/mol. The molecule has 8 heteroatoms. The molecular formula is C16H21N5O3. The molecule has 0 aromatic carbocycles. The number of hydrogen-bond acceptors (Lipinski definition) is 6. The molecule has 4 rings (SSSR count). The molecular weight excluding hydrogens is 310 g/mol. The zero-order valence-electron chi connectivity index (χ0n) is 13.6. The zero-order chi connectivity index (χ0) is 16.7. The van der Waals surface area contributed by atoms with Crippen molar-refractivity contribution in [2.45, 2.75) is 43.9 Å². The van der Waals surface area contributed by atoms with E-state index in [-0.39, 0.29) is 18.1 Å². The van der Waals surface area contributed by atoms with Gasteiger partial charge in [0.1, 0.15) is 5.82 Å². The summed E-state index contributed by atoms with van der Waals surface area (Å²) in [5.41, 5.74) is 6.55. The lowest BCUT2D eigenvalue weighted by Gasteiger charge is -2.23. The molecule has 1 saturated carbocycles. The van der Waals surface area contributed by atoms with Crippen LogP contribution in [0.2, 0.25) is 0 Å². The average Bonchev–Trinajstić information content (AvgIpc) is 2.99. The van der Waals surface area contributed by atoms with Crippen LogP contribution in [0.4, 0.5) is 5.82 Å². The molecule has 2 fully saturated rings. The maximum absolute atomic E-state index is 12.9. The van der Waals surface area contributed by atoms with Crippen LogP contribution in [0.25, 0.3) is 0 Å². The lowest BCUT2D eigenvalue weighted by molar-refractivity contribution is 0.0639. The average molecular weight is 331 g/mol. The number of nitrogens with two attached hydrogens (primary N) is 1. The minimum absolute atomic E-state index is 0.0117. The molecule has 1 saturated heterocycles. The summed E-state index contributed by atoms with van der Waals surface area (Å²) >= 11 is 0. The molecule has 24 heavy (non-hydrogen) atoms. The van der Waals surface area contributed by atoms with E-state index in [0.717, 1.165) is 25.0 Å². The molecule has 1 amide bonds. The lowest BCUT2D eigenvalue weighted by Crippen LogP contribution is -2.38. The number of amides is 1. The zero-order valence-corrected chi connectivity index (χ0v) is 13.6. The fourth-order valence-electron chi connectivity index (χ4n) is 3.26. The normalized spacial score (nSPS) is 23.8. The standard InChI is InChI=1S/C16H21N5O3/c1-23-12-6-11(8-20-5-4-15(17)18-20)21(9-12)16(22)14-7-13(19-24-14)10-2-3-10/h4-5,7,10-12H,2-3,6,8-9H2,1H3,(H2,17,18)/t11-,12-/m0/s1. The van der Waals surface area contributed by atoms with Gasteiger partial charge in [-0.2, -0.15) is 5.10 Å². The van der Waals surface area contributed by atoms with Gasteiger partial charge in [0.2, 0.25) is 5.76 Å². The number of hydrogen-bond donors (Lipinski definition) is 1. The van der Waals surface area contributed by atoms with Crippen LogP contribution < -0.4 is 5.73 Å². The quantitative estimate of drug-likeness (QED) is 0.885. The highest BCUT2D eigenvalue weighted by Gasteiger charge is 2.38. The number of anilines is 1. The third-order valence-corrected chi connectivity index (χ3v) is 4.76. The van der Waals surface area contributed by atoms with Crippen LogP contribution in [-0.2, 0) is 11.3 Å². The number of nitrogens with zero attached hydrogens (tertiary/aromatic N) is 4. The molecule has 3 heterocycles. The summed E-state index contributed by atoms with van der Waals surface area (Å²) in [6, 6.07) is 3.51. The first kappa shape index (κ1) is 15.2. The molecule has 1 aliphatic carbocycles. The molecule has 0 unspecified atom stereocenters. The van der Waals surface area contributed by atoms with Crippen LogP contribution in [0.3, 0.4) is 0 Å².